The molecule has 0 radical (unpaired) electrons. The van der Waals surface area contributed by atoms with Crippen molar-refractivity contribution >= 4 is 5.91 Å². The molecule has 21 heavy (non-hydrogen) atoms. The van der Waals surface area contributed by atoms with Gasteiger partial charge in [0.15, 0.2) is 0 Å². The number of carbonyl (C=O) groups is 1. The molecule has 4 nitrogen and oxygen atoms in total. The molecule has 0 unspecified atom stereocenters. The van der Waals surface area contributed by atoms with Crippen LogP contribution in [0.25, 0.3) is 0 Å². The Morgan fingerprint density at radius 1 is 1.48 bits per heavy atom. The summed E-state index contributed by atoms with van der Waals surface area (Å²) in [4.78, 5) is 12.3. The highest BCUT2D eigenvalue weighted by Gasteiger charge is 2.33. The standard InChI is InChI=1S/C17H28N2O2/c1-4-14-7-9-17(21,10-8-14)12-18-16(20)15-6-5-11-19(15)13(2)3/h5-6,11,13-14,21H,4,7-10,12H2,1-3H3,(H,18,20). The molecular formula is C17H28N2O2. The Bertz CT molecular complexity index is 471. The van der Waals surface area contributed by atoms with Gasteiger partial charge < -0.3 is 15.0 Å². The molecule has 1 aliphatic carbocycles. The number of hydrogen-bond donors (Lipinski definition) is 2. The first-order chi connectivity index (χ1) is 9.95. The Kier molecular flexibility index (Phi) is 5.09. The van der Waals surface area contributed by atoms with E-state index in [0.29, 0.717) is 12.2 Å². The van der Waals surface area contributed by atoms with Gasteiger partial charge in [0.1, 0.15) is 5.69 Å². The number of nitrogens with zero attached hydrogens (tertiary/aromatic N) is 1. The van der Waals surface area contributed by atoms with Crippen LogP contribution in [0, 0.1) is 5.92 Å². The molecule has 0 saturated heterocycles. The summed E-state index contributed by atoms with van der Waals surface area (Å²) in [5, 5.41) is 13.5. The van der Waals surface area contributed by atoms with E-state index in [-0.39, 0.29) is 11.9 Å². The maximum atomic E-state index is 12.3. The topological polar surface area (TPSA) is 54.3 Å². The van der Waals surface area contributed by atoms with Crippen molar-refractivity contribution in [1.29, 1.82) is 0 Å². The minimum absolute atomic E-state index is 0.0975. The fourth-order valence-corrected chi connectivity index (χ4v) is 3.17. The summed E-state index contributed by atoms with van der Waals surface area (Å²) in [7, 11) is 0. The Morgan fingerprint density at radius 2 is 2.14 bits per heavy atom. The first kappa shape index (κ1) is 16.1. The normalized spacial score (nSPS) is 26.0. The molecule has 1 aromatic rings. The van der Waals surface area contributed by atoms with E-state index >= 15 is 0 Å². The molecule has 1 amide bonds. The molecule has 2 N–H and O–H groups in total. The van der Waals surface area contributed by atoms with Gasteiger partial charge in [-0.05, 0) is 57.6 Å². The fraction of sp³-hybridized carbons (Fsp3) is 0.706. The van der Waals surface area contributed by atoms with Crippen LogP contribution in [0.2, 0.25) is 0 Å². The van der Waals surface area contributed by atoms with Crippen molar-refractivity contribution in [2.75, 3.05) is 6.54 Å². The van der Waals surface area contributed by atoms with Gasteiger partial charge in [0, 0.05) is 18.8 Å². The van der Waals surface area contributed by atoms with Crippen molar-refractivity contribution in [2.45, 2.75) is 64.5 Å². The Labute approximate surface area is 127 Å². The molecule has 0 atom stereocenters. The van der Waals surface area contributed by atoms with Crippen LogP contribution in [-0.4, -0.2) is 27.7 Å². The Morgan fingerprint density at radius 3 is 2.71 bits per heavy atom. The van der Waals surface area contributed by atoms with Crippen LogP contribution in [0.5, 0.6) is 0 Å². The van der Waals surface area contributed by atoms with E-state index in [9.17, 15) is 9.90 Å². The smallest absolute Gasteiger partial charge is 0.268 e. The highest BCUT2D eigenvalue weighted by Crippen LogP contribution is 2.33. The lowest BCUT2D eigenvalue weighted by Crippen LogP contribution is -2.45. The van der Waals surface area contributed by atoms with Gasteiger partial charge in [-0.2, -0.15) is 0 Å². The van der Waals surface area contributed by atoms with Crippen LogP contribution >= 0.6 is 0 Å². The molecule has 1 heterocycles. The molecule has 2 rings (SSSR count). The van der Waals surface area contributed by atoms with Gasteiger partial charge in [-0.3, -0.25) is 4.79 Å². The highest BCUT2D eigenvalue weighted by molar-refractivity contribution is 5.92. The molecular weight excluding hydrogens is 264 g/mol. The van der Waals surface area contributed by atoms with E-state index in [0.717, 1.165) is 31.6 Å². The first-order valence-electron chi connectivity index (χ1n) is 8.12. The van der Waals surface area contributed by atoms with Crippen LogP contribution in [0.3, 0.4) is 0 Å². The summed E-state index contributed by atoms with van der Waals surface area (Å²) in [6, 6.07) is 3.97. The van der Waals surface area contributed by atoms with E-state index in [1.54, 1.807) is 0 Å². The largest absolute Gasteiger partial charge is 0.388 e. The average molecular weight is 292 g/mol. The summed E-state index contributed by atoms with van der Waals surface area (Å²) in [6.45, 7) is 6.66. The third-order valence-corrected chi connectivity index (χ3v) is 4.76. The molecule has 1 aliphatic rings. The maximum absolute atomic E-state index is 12.3. The summed E-state index contributed by atoms with van der Waals surface area (Å²) in [5.41, 5.74) is -0.0628. The van der Waals surface area contributed by atoms with Crippen LogP contribution in [0.1, 0.15) is 69.4 Å². The van der Waals surface area contributed by atoms with Crippen LogP contribution in [0.15, 0.2) is 18.3 Å². The SMILES string of the molecule is CCC1CCC(O)(CNC(=O)c2cccn2C(C)C)CC1. The molecule has 1 fully saturated rings. The second-order valence-corrected chi connectivity index (χ2v) is 6.65. The van der Waals surface area contributed by atoms with Crippen molar-refractivity contribution in [3.8, 4) is 0 Å². The predicted molar refractivity (Wildman–Crippen MR) is 84.3 cm³/mol. The van der Waals surface area contributed by atoms with Crippen molar-refractivity contribution in [3.63, 3.8) is 0 Å². The van der Waals surface area contributed by atoms with Crippen LogP contribution in [-0.2, 0) is 0 Å². The van der Waals surface area contributed by atoms with Gasteiger partial charge in [-0.15, -0.1) is 0 Å². The van der Waals surface area contributed by atoms with Crippen LogP contribution in [0.4, 0.5) is 0 Å². The molecule has 1 aromatic heterocycles. The molecule has 1 saturated carbocycles. The Hall–Kier alpha value is -1.29. The van der Waals surface area contributed by atoms with E-state index in [1.165, 1.54) is 6.42 Å². The predicted octanol–water partition coefficient (Wildman–Crippen LogP) is 3.13. The zero-order chi connectivity index (χ0) is 15.5. The van der Waals surface area contributed by atoms with Crippen molar-refractivity contribution in [2.24, 2.45) is 5.92 Å². The van der Waals surface area contributed by atoms with Gasteiger partial charge in [0.25, 0.3) is 5.91 Å². The monoisotopic (exact) mass is 292 g/mol. The number of amides is 1. The van der Waals surface area contributed by atoms with E-state index in [1.807, 2.05) is 22.9 Å². The van der Waals surface area contributed by atoms with Gasteiger partial charge in [0.05, 0.1) is 5.60 Å². The van der Waals surface area contributed by atoms with E-state index in [4.69, 9.17) is 0 Å². The number of nitrogens with one attached hydrogen (secondary N) is 1. The van der Waals surface area contributed by atoms with E-state index < -0.39 is 5.60 Å². The molecule has 4 heteroatoms. The summed E-state index contributed by atoms with van der Waals surface area (Å²) < 4.78 is 1.95. The zero-order valence-corrected chi connectivity index (χ0v) is 13.4. The third kappa shape index (κ3) is 3.88. The quantitative estimate of drug-likeness (QED) is 0.876. The highest BCUT2D eigenvalue weighted by atomic mass is 16.3. The van der Waals surface area contributed by atoms with Gasteiger partial charge in [0.2, 0.25) is 0 Å². The zero-order valence-electron chi connectivity index (χ0n) is 13.4. The molecule has 0 bridgehead atoms. The lowest BCUT2D eigenvalue weighted by atomic mass is 9.78. The lowest BCUT2D eigenvalue weighted by molar-refractivity contribution is -0.00793. The number of carbonyl (C=O) groups excluding carboxylic acids is 1. The molecule has 0 spiro atoms. The second kappa shape index (κ2) is 6.65. The molecule has 118 valence electrons. The van der Waals surface area contributed by atoms with Gasteiger partial charge in [-0.25, -0.2) is 0 Å². The van der Waals surface area contributed by atoms with Crippen molar-refractivity contribution in [3.05, 3.63) is 24.0 Å². The molecule has 0 aromatic carbocycles. The van der Waals surface area contributed by atoms with Crippen molar-refractivity contribution < 1.29 is 9.90 Å². The Balaban J connectivity index is 1.91. The van der Waals surface area contributed by atoms with E-state index in [2.05, 4.69) is 26.1 Å². The number of rotatable bonds is 5. The minimum atomic E-state index is -0.726. The fourth-order valence-electron chi connectivity index (χ4n) is 3.17. The van der Waals surface area contributed by atoms with Gasteiger partial charge in [-0.1, -0.05) is 13.3 Å². The third-order valence-electron chi connectivity index (χ3n) is 4.76. The minimum Gasteiger partial charge on any atom is -0.388 e. The van der Waals surface area contributed by atoms with Crippen LogP contribution < -0.4 is 5.32 Å². The number of aromatic nitrogens is 1. The maximum Gasteiger partial charge on any atom is 0.268 e. The second-order valence-electron chi connectivity index (χ2n) is 6.65. The number of hydrogen-bond acceptors (Lipinski definition) is 2. The summed E-state index contributed by atoms with van der Waals surface area (Å²) >= 11 is 0. The van der Waals surface area contributed by atoms with Crippen molar-refractivity contribution in [1.82, 2.24) is 9.88 Å². The molecule has 0 aliphatic heterocycles. The van der Waals surface area contributed by atoms with Gasteiger partial charge >= 0.3 is 0 Å². The summed E-state index contributed by atoms with van der Waals surface area (Å²) in [5.74, 6) is 0.638. The average Bonchev–Trinajstić information content (AvgIpc) is 2.95. The number of aliphatic hydroxyl groups is 1. The summed E-state index contributed by atoms with van der Waals surface area (Å²) in [6.07, 6.45) is 6.80. The lowest BCUT2D eigenvalue weighted by Gasteiger charge is -2.35. The first-order valence-corrected chi connectivity index (χ1v) is 8.12.